The van der Waals surface area contributed by atoms with E-state index in [9.17, 15) is 13.2 Å². The number of aromatic amines is 1. The lowest BCUT2D eigenvalue weighted by Gasteiger charge is -2.10. The van der Waals surface area contributed by atoms with Crippen LogP contribution in [0.25, 0.3) is 0 Å². The van der Waals surface area contributed by atoms with Gasteiger partial charge in [0, 0.05) is 0 Å². The SMILES string of the molecule is C/C(=N\OCc1ccc(C(F)(F)F)cc1)c1ccc(Cl)nc1OCc1nn[nH]n1. The van der Waals surface area contributed by atoms with Crippen molar-refractivity contribution in [2.24, 2.45) is 5.16 Å². The van der Waals surface area contributed by atoms with Crippen LogP contribution in [0.4, 0.5) is 13.2 Å². The summed E-state index contributed by atoms with van der Waals surface area (Å²) in [6, 6.07) is 7.85. The van der Waals surface area contributed by atoms with E-state index in [1.54, 1.807) is 19.1 Å². The van der Waals surface area contributed by atoms with Crippen molar-refractivity contribution in [1.82, 2.24) is 25.6 Å². The van der Waals surface area contributed by atoms with Gasteiger partial charge in [0.05, 0.1) is 16.8 Å². The predicted molar refractivity (Wildman–Crippen MR) is 96.2 cm³/mol. The maximum atomic E-state index is 12.6. The maximum absolute atomic E-state index is 12.6. The van der Waals surface area contributed by atoms with Crippen molar-refractivity contribution in [3.63, 3.8) is 0 Å². The minimum Gasteiger partial charge on any atom is -0.469 e. The number of alkyl halides is 3. The minimum atomic E-state index is -4.38. The molecule has 1 N–H and O–H groups in total. The number of rotatable bonds is 7. The fourth-order valence-corrected chi connectivity index (χ4v) is 2.36. The molecule has 152 valence electrons. The molecule has 0 saturated heterocycles. The zero-order chi connectivity index (χ0) is 20.9. The summed E-state index contributed by atoms with van der Waals surface area (Å²) in [7, 11) is 0. The monoisotopic (exact) mass is 426 g/mol. The summed E-state index contributed by atoms with van der Waals surface area (Å²) in [6.07, 6.45) is -4.38. The highest BCUT2D eigenvalue weighted by atomic mass is 35.5. The van der Waals surface area contributed by atoms with E-state index in [0.717, 1.165) is 12.1 Å². The Morgan fingerprint density at radius 1 is 1.14 bits per heavy atom. The minimum absolute atomic E-state index is 0.00442. The summed E-state index contributed by atoms with van der Waals surface area (Å²) in [6.45, 7) is 1.67. The molecule has 2 heterocycles. The third-order valence-corrected chi connectivity index (χ3v) is 3.87. The molecule has 0 atom stereocenters. The standard InChI is InChI=1S/C17H14ClF3N6O2/c1-10(25-29-8-11-2-4-12(5-3-11)17(19,20)21)13-6-7-14(18)22-16(13)28-9-15-23-26-27-24-15/h2-7H,8-9H2,1H3,(H,23,24,26,27)/b25-10+. The summed E-state index contributed by atoms with van der Waals surface area (Å²) in [5.41, 5.74) is 0.767. The van der Waals surface area contributed by atoms with E-state index in [-0.39, 0.29) is 24.2 Å². The van der Waals surface area contributed by atoms with Gasteiger partial charge >= 0.3 is 6.18 Å². The third kappa shape index (κ3) is 5.64. The lowest BCUT2D eigenvalue weighted by Crippen LogP contribution is -2.06. The van der Waals surface area contributed by atoms with Gasteiger partial charge in [0.25, 0.3) is 0 Å². The molecular weight excluding hydrogens is 413 g/mol. The normalized spacial score (nSPS) is 12.1. The summed E-state index contributed by atoms with van der Waals surface area (Å²) in [4.78, 5) is 9.35. The van der Waals surface area contributed by atoms with Gasteiger partial charge in [0.15, 0.2) is 6.61 Å². The molecule has 0 aliphatic carbocycles. The number of benzene rings is 1. The highest BCUT2D eigenvalue weighted by Gasteiger charge is 2.29. The molecule has 0 aliphatic heterocycles. The molecule has 0 radical (unpaired) electrons. The van der Waals surface area contributed by atoms with E-state index in [1.807, 2.05) is 0 Å². The average Bonchev–Trinajstić information content (AvgIpc) is 3.19. The molecule has 0 fully saturated rings. The van der Waals surface area contributed by atoms with Crippen LogP contribution in [0.1, 0.15) is 29.4 Å². The Labute approximate surface area is 167 Å². The van der Waals surface area contributed by atoms with E-state index < -0.39 is 11.7 Å². The van der Waals surface area contributed by atoms with E-state index in [0.29, 0.717) is 22.7 Å². The van der Waals surface area contributed by atoms with Gasteiger partial charge in [-0.2, -0.15) is 18.4 Å². The molecule has 1 aromatic carbocycles. The van der Waals surface area contributed by atoms with Gasteiger partial charge in [-0.3, -0.25) is 0 Å². The van der Waals surface area contributed by atoms with Crippen molar-refractivity contribution in [3.8, 4) is 5.88 Å². The zero-order valence-electron chi connectivity index (χ0n) is 14.9. The van der Waals surface area contributed by atoms with E-state index >= 15 is 0 Å². The van der Waals surface area contributed by atoms with Crippen LogP contribution in [0.5, 0.6) is 5.88 Å². The average molecular weight is 427 g/mol. The Bertz CT molecular complexity index is 978. The molecule has 0 bridgehead atoms. The van der Waals surface area contributed by atoms with Crippen LogP contribution >= 0.6 is 11.6 Å². The number of pyridine rings is 1. The molecule has 29 heavy (non-hydrogen) atoms. The largest absolute Gasteiger partial charge is 0.469 e. The first-order valence-electron chi connectivity index (χ1n) is 8.17. The topological polar surface area (TPSA) is 98.2 Å². The smallest absolute Gasteiger partial charge is 0.416 e. The number of oxime groups is 1. The Hall–Kier alpha value is -3.21. The van der Waals surface area contributed by atoms with Gasteiger partial charge < -0.3 is 9.57 Å². The summed E-state index contributed by atoms with van der Waals surface area (Å²) in [5.74, 6) is 0.521. The van der Waals surface area contributed by atoms with E-state index in [4.69, 9.17) is 21.2 Å². The first-order valence-corrected chi connectivity index (χ1v) is 8.55. The number of H-pyrrole nitrogens is 1. The lowest BCUT2D eigenvalue weighted by atomic mass is 10.1. The van der Waals surface area contributed by atoms with Crippen LogP contribution in [-0.4, -0.2) is 31.3 Å². The van der Waals surface area contributed by atoms with Gasteiger partial charge in [-0.15, -0.1) is 10.2 Å². The molecule has 8 nitrogen and oxygen atoms in total. The molecule has 3 aromatic rings. The van der Waals surface area contributed by atoms with Crippen molar-refractivity contribution >= 4 is 17.3 Å². The molecule has 3 rings (SSSR count). The molecule has 0 aliphatic rings. The molecule has 0 saturated carbocycles. The van der Waals surface area contributed by atoms with Crippen molar-refractivity contribution in [3.05, 3.63) is 64.1 Å². The summed E-state index contributed by atoms with van der Waals surface area (Å²) in [5, 5.41) is 17.5. The molecule has 0 spiro atoms. The number of hydrogen-bond donors (Lipinski definition) is 1. The van der Waals surface area contributed by atoms with Gasteiger partial charge in [-0.25, -0.2) is 4.98 Å². The van der Waals surface area contributed by atoms with Crippen molar-refractivity contribution in [2.45, 2.75) is 26.3 Å². The summed E-state index contributed by atoms with van der Waals surface area (Å²) < 4.78 is 43.3. The number of ether oxygens (including phenoxy) is 1. The Kier molecular flexibility index (Phi) is 6.27. The Morgan fingerprint density at radius 2 is 1.90 bits per heavy atom. The van der Waals surface area contributed by atoms with E-state index in [1.165, 1.54) is 12.1 Å². The van der Waals surface area contributed by atoms with Crippen molar-refractivity contribution in [1.29, 1.82) is 0 Å². The van der Waals surface area contributed by atoms with E-state index in [2.05, 4.69) is 30.8 Å². The maximum Gasteiger partial charge on any atom is 0.416 e. The lowest BCUT2D eigenvalue weighted by molar-refractivity contribution is -0.137. The highest BCUT2D eigenvalue weighted by molar-refractivity contribution is 6.29. The van der Waals surface area contributed by atoms with Crippen LogP contribution < -0.4 is 4.74 Å². The Balaban J connectivity index is 1.66. The van der Waals surface area contributed by atoms with Gasteiger partial charge in [-0.1, -0.05) is 34.1 Å². The number of nitrogens with zero attached hydrogens (tertiary/aromatic N) is 5. The van der Waals surface area contributed by atoms with Crippen LogP contribution in [0.15, 0.2) is 41.6 Å². The first kappa shape index (κ1) is 20.5. The van der Waals surface area contributed by atoms with Crippen molar-refractivity contribution in [2.75, 3.05) is 0 Å². The second-order valence-electron chi connectivity index (χ2n) is 5.75. The van der Waals surface area contributed by atoms with Crippen LogP contribution in [0.3, 0.4) is 0 Å². The molecule has 12 heteroatoms. The Morgan fingerprint density at radius 3 is 2.55 bits per heavy atom. The van der Waals surface area contributed by atoms with Gasteiger partial charge in [-0.05, 0) is 36.8 Å². The quantitative estimate of drug-likeness (QED) is 0.350. The second kappa shape index (κ2) is 8.86. The predicted octanol–water partition coefficient (Wildman–Crippen LogP) is 3.79. The fourth-order valence-electron chi connectivity index (χ4n) is 2.22. The molecule has 0 amide bonds. The number of hydrogen-bond acceptors (Lipinski definition) is 7. The molecular formula is C17H14ClF3N6O2. The highest BCUT2D eigenvalue weighted by Crippen LogP contribution is 2.29. The first-order chi connectivity index (χ1) is 13.8. The second-order valence-corrected chi connectivity index (χ2v) is 6.14. The van der Waals surface area contributed by atoms with Gasteiger partial charge in [0.1, 0.15) is 11.8 Å². The zero-order valence-corrected chi connectivity index (χ0v) is 15.7. The number of tetrazole rings is 1. The van der Waals surface area contributed by atoms with Crippen LogP contribution in [-0.2, 0) is 24.2 Å². The number of aromatic nitrogens is 5. The number of halogens is 4. The fraction of sp³-hybridized carbons (Fsp3) is 0.235. The van der Waals surface area contributed by atoms with Crippen molar-refractivity contribution < 1.29 is 22.7 Å². The van der Waals surface area contributed by atoms with Gasteiger partial charge in [0.2, 0.25) is 11.7 Å². The van der Waals surface area contributed by atoms with Crippen LogP contribution in [0, 0.1) is 0 Å². The summed E-state index contributed by atoms with van der Waals surface area (Å²) >= 11 is 5.92. The third-order valence-electron chi connectivity index (χ3n) is 3.66. The van der Waals surface area contributed by atoms with Crippen LogP contribution in [0.2, 0.25) is 5.15 Å². The molecule has 2 aromatic heterocycles. The molecule has 0 unspecified atom stereocenters. The number of nitrogens with one attached hydrogen (secondary N) is 1.